The van der Waals surface area contributed by atoms with E-state index in [1.807, 2.05) is 56.3 Å². The van der Waals surface area contributed by atoms with E-state index in [-0.39, 0.29) is 6.61 Å². The van der Waals surface area contributed by atoms with Crippen molar-refractivity contribution in [2.75, 3.05) is 19.0 Å². The van der Waals surface area contributed by atoms with Gasteiger partial charge in [-0.2, -0.15) is 0 Å². The fraction of sp³-hybridized carbons (Fsp3) is 0.294. The lowest BCUT2D eigenvalue weighted by molar-refractivity contribution is 0.220. The SMILES string of the molecule is COc1ccc(C)cc1C(C)(CO)Nc1ccccc1Cl. The Labute approximate surface area is 130 Å². The Hall–Kier alpha value is -1.71. The summed E-state index contributed by atoms with van der Waals surface area (Å²) >= 11 is 6.20. The number of hydrogen-bond acceptors (Lipinski definition) is 3. The van der Waals surface area contributed by atoms with Gasteiger partial charge in [0.2, 0.25) is 0 Å². The molecule has 2 aromatic rings. The van der Waals surface area contributed by atoms with Crippen LogP contribution in [0.15, 0.2) is 42.5 Å². The van der Waals surface area contributed by atoms with Crippen LogP contribution < -0.4 is 10.1 Å². The number of para-hydroxylation sites is 1. The number of aliphatic hydroxyl groups excluding tert-OH is 1. The Morgan fingerprint density at radius 1 is 1.24 bits per heavy atom. The van der Waals surface area contributed by atoms with Crippen LogP contribution in [0.1, 0.15) is 18.1 Å². The number of benzene rings is 2. The number of anilines is 1. The largest absolute Gasteiger partial charge is 0.496 e. The molecule has 0 aliphatic heterocycles. The van der Waals surface area contributed by atoms with Gasteiger partial charge in [-0.3, -0.25) is 0 Å². The molecule has 1 atom stereocenters. The van der Waals surface area contributed by atoms with E-state index in [4.69, 9.17) is 16.3 Å². The molecule has 0 aliphatic carbocycles. The number of halogens is 1. The summed E-state index contributed by atoms with van der Waals surface area (Å²) < 4.78 is 5.43. The highest BCUT2D eigenvalue weighted by Gasteiger charge is 2.29. The molecule has 0 radical (unpaired) electrons. The predicted molar refractivity (Wildman–Crippen MR) is 87.2 cm³/mol. The van der Waals surface area contributed by atoms with Gasteiger partial charge in [0.1, 0.15) is 5.75 Å². The fourth-order valence-corrected chi connectivity index (χ4v) is 2.49. The lowest BCUT2D eigenvalue weighted by Crippen LogP contribution is -2.36. The molecule has 2 rings (SSSR count). The van der Waals surface area contributed by atoms with E-state index in [0.717, 1.165) is 22.6 Å². The fourth-order valence-electron chi connectivity index (χ4n) is 2.30. The molecule has 112 valence electrons. The van der Waals surface area contributed by atoms with Crippen LogP contribution in [-0.4, -0.2) is 18.8 Å². The van der Waals surface area contributed by atoms with Gasteiger partial charge in [-0.25, -0.2) is 0 Å². The minimum Gasteiger partial charge on any atom is -0.496 e. The molecule has 21 heavy (non-hydrogen) atoms. The zero-order valence-corrected chi connectivity index (χ0v) is 13.2. The molecule has 1 unspecified atom stereocenters. The number of ether oxygens (including phenoxy) is 1. The molecule has 4 heteroatoms. The van der Waals surface area contributed by atoms with Crippen LogP contribution in [0.5, 0.6) is 5.75 Å². The third kappa shape index (κ3) is 3.31. The molecule has 3 nitrogen and oxygen atoms in total. The molecular weight excluding hydrogens is 286 g/mol. The summed E-state index contributed by atoms with van der Waals surface area (Å²) in [6.45, 7) is 3.85. The van der Waals surface area contributed by atoms with Crippen molar-refractivity contribution in [3.63, 3.8) is 0 Å². The molecule has 0 aromatic heterocycles. The first-order valence-electron chi connectivity index (χ1n) is 6.79. The highest BCUT2D eigenvalue weighted by Crippen LogP contribution is 2.35. The highest BCUT2D eigenvalue weighted by atomic mass is 35.5. The second kappa shape index (κ2) is 6.37. The molecule has 0 amide bonds. The van der Waals surface area contributed by atoms with Gasteiger partial charge in [-0.15, -0.1) is 0 Å². The number of aliphatic hydroxyl groups is 1. The Balaban J connectivity index is 2.46. The lowest BCUT2D eigenvalue weighted by Gasteiger charge is -2.32. The summed E-state index contributed by atoms with van der Waals surface area (Å²) in [7, 11) is 1.63. The average molecular weight is 306 g/mol. The van der Waals surface area contributed by atoms with Crippen molar-refractivity contribution in [2.45, 2.75) is 19.4 Å². The normalized spacial score (nSPS) is 13.6. The lowest BCUT2D eigenvalue weighted by atomic mass is 9.90. The standard InChI is InChI=1S/C17H20ClNO2/c1-12-8-9-16(21-3)13(10-12)17(2,11-20)19-15-7-5-4-6-14(15)18/h4-10,19-20H,11H2,1-3H3. The van der Waals surface area contributed by atoms with Crippen LogP contribution in [0.3, 0.4) is 0 Å². The second-order valence-corrected chi connectivity index (χ2v) is 5.71. The summed E-state index contributed by atoms with van der Waals surface area (Å²) in [5, 5.41) is 13.9. The van der Waals surface area contributed by atoms with Crippen LogP contribution in [0.2, 0.25) is 5.02 Å². The first kappa shape index (κ1) is 15.7. The van der Waals surface area contributed by atoms with E-state index in [9.17, 15) is 5.11 Å². The van der Waals surface area contributed by atoms with Crippen molar-refractivity contribution < 1.29 is 9.84 Å². The molecule has 0 saturated carbocycles. The summed E-state index contributed by atoms with van der Waals surface area (Å²) in [4.78, 5) is 0. The second-order valence-electron chi connectivity index (χ2n) is 5.30. The van der Waals surface area contributed by atoms with Gasteiger partial charge >= 0.3 is 0 Å². The third-order valence-electron chi connectivity index (χ3n) is 3.55. The van der Waals surface area contributed by atoms with Gasteiger partial charge < -0.3 is 15.2 Å². The zero-order chi connectivity index (χ0) is 15.5. The van der Waals surface area contributed by atoms with Crippen molar-refractivity contribution in [1.82, 2.24) is 0 Å². The molecule has 0 bridgehead atoms. The Morgan fingerprint density at radius 2 is 1.95 bits per heavy atom. The van der Waals surface area contributed by atoms with Crippen molar-refractivity contribution in [3.8, 4) is 5.75 Å². The average Bonchev–Trinajstić information content (AvgIpc) is 2.49. The van der Waals surface area contributed by atoms with Crippen molar-refractivity contribution in [1.29, 1.82) is 0 Å². The number of aryl methyl sites for hydroxylation is 1. The topological polar surface area (TPSA) is 41.5 Å². The van der Waals surface area contributed by atoms with Crippen LogP contribution in [0.4, 0.5) is 5.69 Å². The van der Waals surface area contributed by atoms with E-state index in [1.54, 1.807) is 7.11 Å². The molecule has 0 saturated heterocycles. The van der Waals surface area contributed by atoms with Crippen LogP contribution in [0.25, 0.3) is 0 Å². The van der Waals surface area contributed by atoms with Crippen molar-refractivity contribution in [3.05, 3.63) is 58.6 Å². The molecule has 0 fully saturated rings. The Bertz CT molecular complexity index is 630. The molecule has 0 heterocycles. The zero-order valence-electron chi connectivity index (χ0n) is 12.5. The van der Waals surface area contributed by atoms with E-state index in [1.165, 1.54) is 0 Å². The maximum Gasteiger partial charge on any atom is 0.124 e. The summed E-state index contributed by atoms with van der Waals surface area (Å²) in [5.74, 6) is 0.733. The predicted octanol–water partition coefficient (Wildman–Crippen LogP) is 3.98. The first-order chi connectivity index (χ1) is 10.00. The van der Waals surface area contributed by atoms with E-state index in [2.05, 4.69) is 5.32 Å². The monoisotopic (exact) mass is 305 g/mol. The minimum absolute atomic E-state index is 0.0853. The van der Waals surface area contributed by atoms with Crippen molar-refractivity contribution >= 4 is 17.3 Å². The van der Waals surface area contributed by atoms with Gasteiger partial charge in [0.25, 0.3) is 0 Å². The third-order valence-corrected chi connectivity index (χ3v) is 3.88. The van der Waals surface area contributed by atoms with Gasteiger partial charge in [-0.1, -0.05) is 35.4 Å². The minimum atomic E-state index is -0.692. The highest BCUT2D eigenvalue weighted by molar-refractivity contribution is 6.33. The Kier molecular flexibility index (Phi) is 4.76. The van der Waals surface area contributed by atoms with Gasteiger partial charge in [0.05, 0.1) is 30.0 Å². The maximum absolute atomic E-state index is 9.94. The molecule has 2 aromatic carbocycles. The van der Waals surface area contributed by atoms with Crippen molar-refractivity contribution in [2.24, 2.45) is 0 Å². The van der Waals surface area contributed by atoms with E-state index >= 15 is 0 Å². The van der Waals surface area contributed by atoms with E-state index < -0.39 is 5.54 Å². The molecule has 0 spiro atoms. The van der Waals surface area contributed by atoms with Gasteiger partial charge in [0, 0.05) is 5.56 Å². The number of hydrogen-bond donors (Lipinski definition) is 2. The molecule has 2 N–H and O–H groups in total. The summed E-state index contributed by atoms with van der Waals surface area (Å²) in [6, 6.07) is 13.4. The quantitative estimate of drug-likeness (QED) is 0.878. The summed E-state index contributed by atoms with van der Waals surface area (Å²) in [6.07, 6.45) is 0. The van der Waals surface area contributed by atoms with Crippen LogP contribution >= 0.6 is 11.6 Å². The first-order valence-corrected chi connectivity index (χ1v) is 7.16. The van der Waals surface area contributed by atoms with Crippen LogP contribution in [0, 0.1) is 6.92 Å². The number of rotatable bonds is 5. The number of nitrogens with one attached hydrogen (secondary N) is 1. The summed E-state index contributed by atoms with van der Waals surface area (Å²) in [5.41, 5.74) is 2.08. The smallest absolute Gasteiger partial charge is 0.124 e. The maximum atomic E-state index is 9.94. The Morgan fingerprint density at radius 3 is 2.57 bits per heavy atom. The molecule has 0 aliphatic rings. The van der Waals surface area contributed by atoms with Gasteiger partial charge in [-0.05, 0) is 38.1 Å². The number of methoxy groups -OCH3 is 1. The molecular formula is C17H20ClNO2. The van der Waals surface area contributed by atoms with E-state index in [0.29, 0.717) is 5.02 Å². The van der Waals surface area contributed by atoms with Gasteiger partial charge in [0.15, 0.2) is 0 Å². The van der Waals surface area contributed by atoms with Crippen LogP contribution in [-0.2, 0) is 5.54 Å².